The van der Waals surface area contributed by atoms with Crippen LogP contribution in [0.4, 0.5) is 0 Å². The van der Waals surface area contributed by atoms with Crippen LogP contribution in [0.15, 0.2) is 41.0 Å². The lowest BCUT2D eigenvalue weighted by Gasteiger charge is -2.21. The van der Waals surface area contributed by atoms with E-state index in [1.54, 1.807) is 32.1 Å². The molecule has 0 spiro atoms. The standard InChI is InChI=1S/C23H22N4O5/c1-29-12-15-21(13-6-7-19(30-2)20(11-13)31-3)23-25-24-22-16(27(23)26-15)9-14(10-17(22)28)18-5-4-8-32-18/h4-8,11,14H,9-10,12H2,1-3H3/t14-/m0/s1. The van der Waals surface area contributed by atoms with Gasteiger partial charge in [-0.3, -0.25) is 4.79 Å². The lowest BCUT2D eigenvalue weighted by molar-refractivity contribution is 0.0951. The molecule has 1 aromatic carbocycles. The van der Waals surface area contributed by atoms with Crippen LogP contribution in [-0.2, 0) is 17.8 Å². The van der Waals surface area contributed by atoms with Crippen LogP contribution in [0.25, 0.3) is 16.8 Å². The summed E-state index contributed by atoms with van der Waals surface area (Å²) in [5.74, 6) is 1.84. The summed E-state index contributed by atoms with van der Waals surface area (Å²) < 4.78 is 23.5. The van der Waals surface area contributed by atoms with E-state index in [1.165, 1.54) is 0 Å². The molecule has 0 saturated heterocycles. The zero-order valence-electron chi connectivity index (χ0n) is 18.0. The van der Waals surface area contributed by atoms with Gasteiger partial charge in [0.15, 0.2) is 28.6 Å². The molecule has 0 bridgehead atoms. The van der Waals surface area contributed by atoms with Crippen LogP contribution >= 0.6 is 0 Å². The molecule has 9 nitrogen and oxygen atoms in total. The second-order valence-corrected chi connectivity index (χ2v) is 7.60. The Bertz CT molecular complexity index is 1300. The van der Waals surface area contributed by atoms with E-state index in [2.05, 4.69) is 10.2 Å². The first kappa shape index (κ1) is 20.2. The maximum absolute atomic E-state index is 12.8. The number of Topliss-reactive ketones (excluding diaryl/α,β-unsaturated/α-hetero) is 1. The Hall–Kier alpha value is -3.72. The van der Waals surface area contributed by atoms with Gasteiger partial charge in [-0.2, -0.15) is 5.10 Å². The number of benzene rings is 1. The van der Waals surface area contributed by atoms with Crippen molar-refractivity contribution in [3.05, 3.63) is 59.4 Å². The Morgan fingerprint density at radius 2 is 1.94 bits per heavy atom. The number of rotatable bonds is 6. The molecule has 0 fully saturated rings. The fraction of sp³-hybridized carbons (Fsp3) is 0.304. The number of hydrogen-bond acceptors (Lipinski definition) is 8. The van der Waals surface area contributed by atoms with Gasteiger partial charge >= 0.3 is 0 Å². The van der Waals surface area contributed by atoms with E-state index in [0.29, 0.717) is 41.4 Å². The number of nitrogens with zero attached hydrogens (tertiary/aromatic N) is 4. The first-order valence-corrected chi connectivity index (χ1v) is 10.2. The quantitative estimate of drug-likeness (QED) is 0.455. The molecule has 9 heteroatoms. The number of aromatic nitrogens is 4. The number of fused-ring (bicyclic) bond motifs is 3. The number of ether oxygens (including phenoxy) is 3. The first-order valence-electron chi connectivity index (χ1n) is 10.2. The Morgan fingerprint density at radius 3 is 2.66 bits per heavy atom. The number of methoxy groups -OCH3 is 3. The fourth-order valence-electron chi connectivity index (χ4n) is 4.26. The molecule has 3 aromatic heterocycles. The van der Waals surface area contributed by atoms with Gasteiger partial charge in [0.25, 0.3) is 0 Å². The molecule has 32 heavy (non-hydrogen) atoms. The fourth-order valence-corrected chi connectivity index (χ4v) is 4.26. The van der Waals surface area contributed by atoms with E-state index in [1.807, 2.05) is 30.3 Å². The van der Waals surface area contributed by atoms with Gasteiger partial charge in [0.1, 0.15) is 5.76 Å². The van der Waals surface area contributed by atoms with Crippen molar-refractivity contribution in [1.29, 1.82) is 0 Å². The van der Waals surface area contributed by atoms with Crippen molar-refractivity contribution in [2.45, 2.75) is 25.4 Å². The molecule has 0 amide bonds. The van der Waals surface area contributed by atoms with Gasteiger partial charge in [-0.15, -0.1) is 10.2 Å². The lowest BCUT2D eigenvalue weighted by Crippen LogP contribution is -2.24. The molecular formula is C23H22N4O5. The normalized spacial score (nSPS) is 15.7. The summed E-state index contributed by atoms with van der Waals surface area (Å²) in [5.41, 5.74) is 3.92. The Morgan fingerprint density at radius 1 is 1.09 bits per heavy atom. The van der Waals surface area contributed by atoms with Crippen LogP contribution in [0.2, 0.25) is 0 Å². The zero-order chi connectivity index (χ0) is 22.2. The Labute approximate surface area is 183 Å². The SMILES string of the molecule is COCc1nn2c3c(nnc2c1-c1ccc(OC)c(OC)c1)C(=O)C[C@@H](c1ccco1)C3. The van der Waals surface area contributed by atoms with E-state index in [-0.39, 0.29) is 18.3 Å². The highest BCUT2D eigenvalue weighted by molar-refractivity contribution is 5.97. The number of carbonyl (C=O) groups excluding carboxylic acids is 1. The predicted octanol–water partition coefficient (Wildman–Crippen LogP) is 3.46. The number of furan rings is 1. The number of carbonyl (C=O) groups is 1. The molecule has 1 atom stereocenters. The summed E-state index contributed by atoms with van der Waals surface area (Å²) in [4.78, 5) is 12.8. The molecule has 0 radical (unpaired) electrons. The van der Waals surface area contributed by atoms with Gasteiger partial charge in [0.05, 0.1) is 44.0 Å². The van der Waals surface area contributed by atoms with Gasteiger partial charge < -0.3 is 18.6 Å². The lowest BCUT2D eigenvalue weighted by atomic mass is 9.87. The van der Waals surface area contributed by atoms with E-state index < -0.39 is 0 Å². The largest absolute Gasteiger partial charge is 0.493 e. The molecule has 5 rings (SSSR count). The summed E-state index contributed by atoms with van der Waals surface area (Å²) in [6, 6.07) is 9.33. The Balaban J connectivity index is 1.70. The van der Waals surface area contributed by atoms with E-state index in [9.17, 15) is 4.79 Å². The van der Waals surface area contributed by atoms with Gasteiger partial charge in [0.2, 0.25) is 0 Å². The van der Waals surface area contributed by atoms with E-state index in [4.69, 9.17) is 23.7 Å². The predicted molar refractivity (Wildman–Crippen MR) is 114 cm³/mol. The third kappa shape index (κ3) is 3.21. The summed E-state index contributed by atoms with van der Waals surface area (Å²) >= 11 is 0. The second kappa shape index (κ2) is 8.08. The first-order chi connectivity index (χ1) is 15.6. The minimum absolute atomic E-state index is 0.0708. The van der Waals surface area contributed by atoms with Crippen LogP contribution in [0.3, 0.4) is 0 Å². The summed E-state index contributed by atoms with van der Waals surface area (Å²) in [5, 5.41) is 13.5. The van der Waals surface area contributed by atoms with Crippen LogP contribution in [0, 0.1) is 0 Å². The number of ketones is 1. The van der Waals surface area contributed by atoms with Crippen molar-refractivity contribution in [1.82, 2.24) is 19.8 Å². The third-order valence-electron chi connectivity index (χ3n) is 5.74. The highest BCUT2D eigenvalue weighted by atomic mass is 16.5. The monoisotopic (exact) mass is 434 g/mol. The van der Waals surface area contributed by atoms with Crippen LogP contribution in [0.1, 0.15) is 40.0 Å². The molecule has 0 N–H and O–H groups in total. The van der Waals surface area contributed by atoms with Crippen molar-refractivity contribution >= 4 is 11.4 Å². The van der Waals surface area contributed by atoms with Crippen molar-refractivity contribution < 1.29 is 23.4 Å². The van der Waals surface area contributed by atoms with Crippen LogP contribution < -0.4 is 9.47 Å². The Kier molecular flexibility index (Phi) is 5.10. The van der Waals surface area contributed by atoms with Gasteiger partial charge in [0, 0.05) is 25.9 Å². The highest BCUT2D eigenvalue weighted by Crippen LogP contribution is 2.37. The molecular weight excluding hydrogens is 412 g/mol. The summed E-state index contributed by atoms with van der Waals surface area (Å²) in [6.07, 6.45) is 2.52. The van der Waals surface area contributed by atoms with Crippen molar-refractivity contribution in [3.8, 4) is 22.6 Å². The summed E-state index contributed by atoms with van der Waals surface area (Å²) in [6.45, 7) is 0.275. The van der Waals surface area contributed by atoms with Crippen molar-refractivity contribution in [2.24, 2.45) is 0 Å². The van der Waals surface area contributed by atoms with E-state index in [0.717, 1.165) is 22.6 Å². The van der Waals surface area contributed by atoms with Crippen LogP contribution in [0.5, 0.6) is 11.5 Å². The zero-order valence-corrected chi connectivity index (χ0v) is 18.0. The third-order valence-corrected chi connectivity index (χ3v) is 5.74. The van der Waals surface area contributed by atoms with E-state index >= 15 is 0 Å². The van der Waals surface area contributed by atoms with Gasteiger partial charge in [-0.1, -0.05) is 6.07 Å². The van der Waals surface area contributed by atoms with Gasteiger partial charge in [-0.05, 0) is 29.8 Å². The van der Waals surface area contributed by atoms with Crippen molar-refractivity contribution in [3.63, 3.8) is 0 Å². The molecule has 3 heterocycles. The molecule has 0 saturated carbocycles. The summed E-state index contributed by atoms with van der Waals surface area (Å²) in [7, 11) is 4.79. The molecule has 0 unspecified atom stereocenters. The molecule has 1 aliphatic carbocycles. The number of hydrogen-bond donors (Lipinski definition) is 0. The molecule has 1 aliphatic rings. The smallest absolute Gasteiger partial charge is 0.185 e. The maximum atomic E-state index is 12.8. The molecule has 0 aliphatic heterocycles. The topological polar surface area (TPSA) is 101 Å². The molecule has 164 valence electrons. The average molecular weight is 434 g/mol. The average Bonchev–Trinajstić information content (AvgIpc) is 3.47. The van der Waals surface area contributed by atoms with Crippen molar-refractivity contribution in [2.75, 3.05) is 21.3 Å². The minimum atomic E-state index is -0.0722. The molecule has 4 aromatic rings. The minimum Gasteiger partial charge on any atom is -0.493 e. The van der Waals surface area contributed by atoms with Gasteiger partial charge in [-0.25, -0.2) is 4.52 Å². The van der Waals surface area contributed by atoms with Crippen LogP contribution in [-0.4, -0.2) is 46.9 Å². The second-order valence-electron chi connectivity index (χ2n) is 7.60. The highest BCUT2D eigenvalue weighted by Gasteiger charge is 2.33. The maximum Gasteiger partial charge on any atom is 0.185 e.